The van der Waals surface area contributed by atoms with E-state index in [1.807, 2.05) is 30.3 Å². The third kappa shape index (κ3) is 7.07. The molecule has 0 aliphatic carbocycles. The maximum Gasteiger partial charge on any atom is 0.277 e. The van der Waals surface area contributed by atoms with Crippen molar-refractivity contribution in [3.05, 3.63) is 83.4 Å². The minimum Gasteiger partial charge on any atom is -0.389 e. The molecule has 2 aromatic carbocycles. The van der Waals surface area contributed by atoms with Gasteiger partial charge in [-0.25, -0.2) is 19.1 Å². The van der Waals surface area contributed by atoms with Crippen LogP contribution in [0.2, 0.25) is 0 Å². The number of nitrogens with one attached hydrogen (secondary N) is 2. The van der Waals surface area contributed by atoms with Crippen LogP contribution < -0.4 is 15.6 Å². The van der Waals surface area contributed by atoms with Crippen LogP contribution in [0.1, 0.15) is 66.3 Å². The Hall–Kier alpha value is -4.44. The van der Waals surface area contributed by atoms with E-state index in [9.17, 15) is 20.1 Å². The van der Waals surface area contributed by atoms with Crippen LogP contribution in [-0.4, -0.2) is 96.3 Å². The molecule has 3 aromatic heterocycles. The molecule has 1 amide bonds. The summed E-state index contributed by atoms with van der Waals surface area (Å²) in [6.45, 7) is 7.77. The molecule has 0 spiro atoms. The van der Waals surface area contributed by atoms with Crippen LogP contribution >= 0.6 is 0 Å². The quantitative estimate of drug-likeness (QED) is 0.112. The molecule has 2 aliphatic rings. The lowest BCUT2D eigenvalue weighted by Gasteiger charge is -2.39. The summed E-state index contributed by atoms with van der Waals surface area (Å²) >= 11 is 0. The molecule has 14 nitrogen and oxygen atoms in total. The number of benzene rings is 2. The Kier molecular flexibility index (Phi) is 10.3. The van der Waals surface area contributed by atoms with E-state index in [1.165, 1.54) is 5.56 Å². The van der Waals surface area contributed by atoms with Crippen molar-refractivity contribution >= 4 is 33.9 Å². The van der Waals surface area contributed by atoms with Crippen LogP contribution in [-0.2, 0) is 29.1 Å². The molecular weight excluding hydrogens is 652 g/mol. The van der Waals surface area contributed by atoms with Crippen molar-refractivity contribution in [1.82, 2.24) is 29.7 Å². The second-order valence-corrected chi connectivity index (χ2v) is 13.4. The van der Waals surface area contributed by atoms with Crippen LogP contribution in [0.15, 0.2) is 60.8 Å². The summed E-state index contributed by atoms with van der Waals surface area (Å²) in [4.78, 5) is 27.0. The number of nitrogens with two attached hydrogens (primary N) is 1. The van der Waals surface area contributed by atoms with Crippen LogP contribution in [0.25, 0.3) is 22.2 Å². The van der Waals surface area contributed by atoms with Gasteiger partial charge in [-0.15, -0.1) is 0 Å². The van der Waals surface area contributed by atoms with Gasteiger partial charge in [0.15, 0.2) is 34.5 Å². The molecule has 2 saturated heterocycles. The first-order chi connectivity index (χ1) is 24.7. The number of carbonyl (C=O) groups is 1. The van der Waals surface area contributed by atoms with E-state index in [-0.39, 0.29) is 30.6 Å². The molecule has 7 rings (SSSR count). The molecule has 5 aromatic rings. The van der Waals surface area contributed by atoms with Crippen molar-refractivity contribution in [2.75, 3.05) is 32.0 Å². The van der Waals surface area contributed by atoms with E-state index in [0.717, 1.165) is 61.4 Å². The number of aryl methyl sites for hydroxylation is 2. The number of rotatable bonds is 11. The van der Waals surface area contributed by atoms with Gasteiger partial charge in [0.05, 0.1) is 25.8 Å². The van der Waals surface area contributed by atoms with Crippen molar-refractivity contribution in [2.24, 2.45) is 0 Å². The SMILES string of the molecule is CCn1c(CNC(=O)c2nc3cc[nH]c3nc2N)[n+](CC)c2ccc(C3CCN(C[C@H](O)[C@@H](O)[C@@H]4OC(c5ccccc5)OC[C@H]4O)CC3)cc21. The van der Waals surface area contributed by atoms with E-state index in [0.29, 0.717) is 23.6 Å². The Morgan fingerprint density at radius 3 is 2.63 bits per heavy atom. The zero-order valence-electron chi connectivity index (χ0n) is 29.0. The topological polar surface area (TPSA) is 188 Å². The third-order valence-electron chi connectivity index (χ3n) is 10.3. The summed E-state index contributed by atoms with van der Waals surface area (Å²) in [5, 5.41) is 35.6. The normalized spacial score (nSPS) is 21.6. The van der Waals surface area contributed by atoms with E-state index in [1.54, 1.807) is 12.3 Å². The number of β-amino-alcohol motifs (C(OH)–C–C–N with tert-alkyl or cyclic N) is 1. The van der Waals surface area contributed by atoms with Crippen molar-refractivity contribution in [3.8, 4) is 0 Å². The average Bonchev–Trinajstić information content (AvgIpc) is 3.74. The number of aliphatic hydroxyl groups excluding tert-OH is 3. The molecule has 0 radical (unpaired) electrons. The second-order valence-electron chi connectivity index (χ2n) is 13.4. The van der Waals surface area contributed by atoms with Gasteiger partial charge in [-0.3, -0.25) is 4.79 Å². The number of aromatic nitrogens is 5. The third-order valence-corrected chi connectivity index (χ3v) is 10.3. The Bertz CT molecular complexity index is 1970. The highest BCUT2D eigenvalue weighted by molar-refractivity contribution is 5.98. The number of ether oxygens (including phenoxy) is 2. The maximum atomic E-state index is 13.2. The lowest BCUT2D eigenvalue weighted by Crippen LogP contribution is -2.54. The minimum absolute atomic E-state index is 0.00904. The number of nitrogen functional groups attached to an aromatic ring is 1. The van der Waals surface area contributed by atoms with Gasteiger partial charge in [-0.1, -0.05) is 36.4 Å². The molecule has 5 atom stereocenters. The minimum atomic E-state index is -1.27. The molecule has 7 N–H and O–H groups in total. The monoisotopic (exact) mass is 699 g/mol. The van der Waals surface area contributed by atoms with Crippen molar-refractivity contribution < 1.29 is 34.2 Å². The fourth-order valence-corrected chi connectivity index (χ4v) is 7.54. The van der Waals surface area contributed by atoms with E-state index in [4.69, 9.17) is 15.2 Å². The number of amides is 1. The van der Waals surface area contributed by atoms with Crippen molar-refractivity contribution in [1.29, 1.82) is 0 Å². The van der Waals surface area contributed by atoms with Gasteiger partial charge in [-0.05, 0) is 69.5 Å². The van der Waals surface area contributed by atoms with Crippen LogP contribution in [0, 0.1) is 0 Å². The summed E-state index contributed by atoms with van der Waals surface area (Å²) in [5.74, 6) is 1.01. The highest BCUT2D eigenvalue weighted by atomic mass is 16.7. The van der Waals surface area contributed by atoms with Crippen LogP contribution in [0.5, 0.6) is 0 Å². The fourth-order valence-electron chi connectivity index (χ4n) is 7.54. The molecule has 5 heterocycles. The number of piperidine rings is 1. The molecule has 2 fully saturated rings. The first-order valence-electron chi connectivity index (χ1n) is 17.8. The highest BCUT2D eigenvalue weighted by Crippen LogP contribution is 2.32. The summed E-state index contributed by atoms with van der Waals surface area (Å²) < 4.78 is 16.0. The Labute approximate surface area is 295 Å². The first kappa shape index (κ1) is 35.0. The van der Waals surface area contributed by atoms with Gasteiger partial charge in [0.25, 0.3) is 11.7 Å². The molecule has 1 unspecified atom stereocenters. The van der Waals surface area contributed by atoms with E-state index < -0.39 is 30.7 Å². The number of aromatic amines is 1. The lowest BCUT2D eigenvalue weighted by molar-refractivity contribution is -0.676. The van der Waals surface area contributed by atoms with Gasteiger partial charge in [-0.2, -0.15) is 0 Å². The second kappa shape index (κ2) is 15.0. The summed E-state index contributed by atoms with van der Waals surface area (Å²) in [5.41, 5.74) is 11.5. The Morgan fingerprint density at radius 1 is 1.10 bits per heavy atom. The predicted octanol–water partition coefficient (Wildman–Crippen LogP) is 2.13. The number of aliphatic hydroxyl groups is 3. The number of imidazole rings is 1. The number of anilines is 1. The molecule has 270 valence electrons. The highest BCUT2D eigenvalue weighted by Gasteiger charge is 2.40. The Balaban J connectivity index is 0.989. The number of likely N-dealkylation sites (tertiary alicyclic amines) is 1. The summed E-state index contributed by atoms with van der Waals surface area (Å²) in [7, 11) is 0. The number of hydrogen-bond donors (Lipinski definition) is 6. The summed E-state index contributed by atoms with van der Waals surface area (Å²) in [6, 6.07) is 17.8. The molecule has 51 heavy (non-hydrogen) atoms. The number of fused-ring (bicyclic) bond motifs is 2. The summed E-state index contributed by atoms with van der Waals surface area (Å²) in [6.07, 6.45) is -1.59. The zero-order valence-corrected chi connectivity index (χ0v) is 29.0. The predicted molar refractivity (Wildman–Crippen MR) is 189 cm³/mol. The van der Waals surface area contributed by atoms with Gasteiger partial charge in [0.1, 0.15) is 30.4 Å². The number of H-pyrrole nitrogens is 1. The zero-order chi connectivity index (χ0) is 35.6. The molecule has 0 saturated carbocycles. The van der Waals surface area contributed by atoms with Crippen LogP contribution in [0.4, 0.5) is 5.82 Å². The average molecular weight is 700 g/mol. The van der Waals surface area contributed by atoms with Crippen molar-refractivity contribution in [3.63, 3.8) is 0 Å². The van der Waals surface area contributed by atoms with Gasteiger partial charge in [0.2, 0.25) is 0 Å². The lowest BCUT2D eigenvalue weighted by atomic mass is 9.89. The van der Waals surface area contributed by atoms with Gasteiger partial charge >= 0.3 is 0 Å². The fraction of sp³-hybridized carbons (Fsp3) is 0.459. The standard InChI is InChI=1S/C37H46N8O6/c1-3-44-26-11-10-24(18-27(26)45(4-2)30(44)19-40-36(49)31-34(38)42-35-25(41-31)12-15-39-35)22-13-16-43(17-14-22)20-28(46)32(48)33-29(47)21-50-37(51-33)23-8-6-5-7-9-23/h5-12,15,18,22,28-29,32-33,37,46-48H,3-4,13-14,16-17,19-21H2,1-2H3,(H3-,38,39,40,41,42,49)/p+1/t28-,29+,32+,33+,37?/m0/s1. The maximum absolute atomic E-state index is 13.2. The number of carbonyl (C=O) groups excluding carboxylic acids is 1. The van der Waals surface area contributed by atoms with Crippen molar-refractivity contribution in [2.45, 2.75) is 82.9 Å². The van der Waals surface area contributed by atoms with Gasteiger partial charge < -0.3 is 45.7 Å². The van der Waals surface area contributed by atoms with Gasteiger partial charge in [0, 0.05) is 18.3 Å². The number of hydrogen-bond acceptors (Lipinski definition) is 10. The first-order valence-corrected chi connectivity index (χ1v) is 17.8. The number of nitrogens with zero attached hydrogens (tertiary/aromatic N) is 5. The molecule has 2 aliphatic heterocycles. The molecule has 0 bridgehead atoms. The smallest absolute Gasteiger partial charge is 0.277 e. The molecule has 14 heteroatoms. The van der Waals surface area contributed by atoms with Crippen LogP contribution in [0.3, 0.4) is 0 Å². The van der Waals surface area contributed by atoms with E-state index in [2.05, 4.69) is 66.3 Å². The largest absolute Gasteiger partial charge is 0.389 e. The Morgan fingerprint density at radius 2 is 1.88 bits per heavy atom. The van der Waals surface area contributed by atoms with E-state index >= 15 is 0 Å². The molecular formula is C37H47N8O6+.